The van der Waals surface area contributed by atoms with Gasteiger partial charge in [0.05, 0.1) is 18.6 Å². The van der Waals surface area contributed by atoms with Crippen LogP contribution in [0.2, 0.25) is 0 Å². The maximum Gasteiger partial charge on any atom is 0.313 e. The number of hydrogen-bond acceptors (Lipinski definition) is 4. The van der Waals surface area contributed by atoms with Gasteiger partial charge in [-0.3, -0.25) is 9.59 Å². The molecular weight excluding hydrogens is 220 g/mol. The quantitative estimate of drug-likeness (QED) is 0.730. The molecule has 98 valence electrons. The highest BCUT2D eigenvalue weighted by molar-refractivity contribution is 5.84. The van der Waals surface area contributed by atoms with E-state index in [2.05, 4.69) is 0 Å². The third-order valence-corrected chi connectivity index (χ3v) is 3.38. The Morgan fingerprint density at radius 1 is 1.53 bits per heavy atom. The fourth-order valence-corrected chi connectivity index (χ4v) is 2.23. The van der Waals surface area contributed by atoms with E-state index in [0.717, 1.165) is 6.42 Å². The average molecular weight is 242 g/mol. The van der Waals surface area contributed by atoms with E-state index in [-0.39, 0.29) is 11.9 Å². The number of esters is 1. The van der Waals surface area contributed by atoms with Crippen molar-refractivity contribution in [2.24, 2.45) is 11.1 Å². The van der Waals surface area contributed by atoms with E-state index < -0.39 is 11.5 Å². The number of hydrogen-bond donors (Lipinski definition) is 1. The molecule has 0 aromatic rings. The van der Waals surface area contributed by atoms with Gasteiger partial charge < -0.3 is 15.4 Å². The van der Waals surface area contributed by atoms with Crippen molar-refractivity contribution < 1.29 is 14.3 Å². The standard InChI is InChI=1S/C12H22N2O3/c1-4-5-9(13)10(15)14-7-6-12(2,8-14)11(16)17-3/h9H,4-8,13H2,1-3H3. The Hall–Kier alpha value is -1.10. The molecule has 0 radical (unpaired) electrons. The van der Waals surface area contributed by atoms with Crippen LogP contribution in [-0.4, -0.2) is 43.0 Å². The maximum absolute atomic E-state index is 12.0. The molecule has 0 aromatic carbocycles. The first kappa shape index (κ1) is 14.0. The zero-order valence-corrected chi connectivity index (χ0v) is 10.9. The molecular formula is C12H22N2O3. The summed E-state index contributed by atoms with van der Waals surface area (Å²) in [7, 11) is 1.38. The van der Waals surface area contributed by atoms with E-state index in [9.17, 15) is 9.59 Å². The number of ether oxygens (including phenoxy) is 1. The second kappa shape index (κ2) is 5.49. The Bertz CT molecular complexity index is 306. The van der Waals surface area contributed by atoms with Gasteiger partial charge in [-0.05, 0) is 19.8 Å². The smallest absolute Gasteiger partial charge is 0.313 e. The fourth-order valence-electron chi connectivity index (χ4n) is 2.23. The number of rotatable bonds is 4. The second-order valence-electron chi connectivity index (χ2n) is 4.96. The first-order chi connectivity index (χ1) is 7.94. The Labute approximate surface area is 102 Å². The lowest BCUT2D eigenvalue weighted by Gasteiger charge is -2.23. The van der Waals surface area contributed by atoms with Crippen molar-refractivity contribution in [2.45, 2.75) is 39.2 Å². The SMILES string of the molecule is CCCC(N)C(=O)N1CCC(C)(C(=O)OC)C1. The third-order valence-electron chi connectivity index (χ3n) is 3.38. The minimum atomic E-state index is -0.573. The summed E-state index contributed by atoms with van der Waals surface area (Å²) in [4.78, 5) is 25.3. The van der Waals surface area contributed by atoms with Gasteiger partial charge in [-0.15, -0.1) is 0 Å². The summed E-state index contributed by atoms with van der Waals surface area (Å²) in [6.45, 7) is 4.82. The molecule has 1 amide bonds. The Balaban J connectivity index is 2.61. The summed E-state index contributed by atoms with van der Waals surface area (Å²) >= 11 is 0. The monoisotopic (exact) mass is 242 g/mol. The number of nitrogens with zero attached hydrogens (tertiary/aromatic N) is 1. The Morgan fingerprint density at radius 2 is 2.18 bits per heavy atom. The highest BCUT2D eigenvalue weighted by atomic mass is 16.5. The van der Waals surface area contributed by atoms with Crippen molar-refractivity contribution in [3.05, 3.63) is 0 Å². The summed E-state index contributed by atoms with van der Waals surface area (Å²) in [5.41, 5.74) is 5.22. The number of carbonyl (C=O) groups is 2. The number of nitrogens with two attached hydrogens (primary N) is 1. The zero-order valence-electron chi connectivity index (χ0n) is 10.9. The lowest BCUT2D eigenvalue weighted by molar-refractivity contribution is -0.151. The van der Waals surface area contributed by atoms with Crippen molar-refractivity contribution in [3.63, 3.8) is 0 Å². The van der Waals surface area contributed by atoms with Crippen LogP contribution in [0, 0.1) is 5.41 Å². The topological polar surface area (TPSA) is 72.6 Å². The fraction of sp³-hybridized carbons (Fsp3) is 0.833. The van der Waals surface area contributed by atoms with E-state index in [0.29, 0.717) is 25.9 Å². The number of likely N-dealkylation sites (tertiary alicyclic amines) is 1. The molecule has 2 unspecified atom stereocenters. The summed E-state index contributed by atoms with van der Waals surface area (Å²) in [5, 5.41) is 0. The summed E-state index contributed by atoms with van der Waals surface area (Å²) in [6.07, 6.45) is 2.21. The summed E-state index contributed by atoms with van der Waals surface area (Å²) < 4.78 is 4.77. The Kier molecular flexibility index (Phi) is 4.51. The van der Waals surface area contributed by atoms with Gasteiger partial charge in [-0.2, -0.15) is 0 Å². The molecule has 1 fully saturated rings. The average Bonchev–Trinajstić information content (AvgIpc) is 2.71. The second-order valence-corrected chi connectivity index (χ2v) is 4.96. The molecule has 0 aromatic heterocycles. The molecule has 0 saturated carbocycles. The van der Waals surface area contributed by atoms with Crippen LogP contribution in [0.25, 0.3) is 0 Å². The van der Waals surface area contributed by atoms with Gasteiger partial charge in [-0.25, -0.2) is 0 Å². The van der Waals surface area contributed by atoms with E-state index in [1.807, 2.05) is 13.8 Å². The number of carbonyl (C=O) groups excluding carboxylic acids is 2. The van der Waals surface area contributed by atoms with Crippen LogP contribution in [0.1, 0.15) is 33.1 Å². The molecule has 1 rings (SSSR count). The third kappa shape index (κ3) is 2.97. The molecule has 0 spiro atoms. The van der Waals surface area contributed by atoms with Crippen LogP contribution in [0.4, 0.5) is 0 Å². The molecule has 1 aliphatic rings. The highest BCUT2D eigenvalue weighted by Gasteiger charge is 2.43. The molecule has 5 heteroatoms. The molecule has 1 heterocycles. The maximum atomic E-state index is 12.0. The van der Waals surface area contributed by atoms with Crippen LogP contribution < -0.4 is 5.73 Å². The first-order valence-electron chi connectivity index (χ1n) is 6.07. The largest absolute Gasteiger partial charge is 0.469 e. The van der Waals surface area contributed by atoms with Gasteiger partial charge in [0.1, 0.15) is 0 Å². The molecule has 2 atom stereocenters. The molecule has 0 aliphatic carbocycles. The van der Waals surface area contributed by atoms with Crippen molar-refractivity contribution in [3.8, 4) is 0 Å². The van der Waals surface area contributed by atoms with E-state index in [4.69, 9.17) is 10.5 Å². The Morgan fingerprint density at radius 3 is 2.71 bits per heavy atom. The zero-order chi connectivity index (χ0) is 13.1. The van der Waals surface area contributed by atoms with E-state index >= 15 is 0 Å². The normalized spacial score (nSPS) is 25.8. The van der Waals surface area contributed by atoms with Crippen LogP contribution in [0.3, 0.4) is 0 Å². The molecule has 5 nitrogen and oxygen atoms in total. The van der Waals surface area contributed by atoms with Crippen molar-refractivity contribution in [1.82, 2.24) is 4.90 Å². The van der Waals surface area contributed by atoms with Crippen molar-refractivity contribution in [1.29, 1.82) is 0 Å². The first-order valence-corrected chi connectivity index (χ1v) is 6.07. The van der Waals surface area contributed by atoms with E-state index in [1.165, 1.54) is 7.11 Å². The molecule has 0 bridgehead atoms. The van der Waals surface area contributed by atoms with Crippen LogP contribution in [-0.2, 0) is 14.3 Å². The molecule has 17 heavy (non-hydrogen) atoms. The van der Waals surface area contributed by atoms with Crippen LogP contribution >= 0.6 is 0 Å². The predicted molar refractivity (Wildman–Crippen MR) is 64.2 cm³/mol. The minimum absolute atomic E-state index is 0.0560. The lowest BCUT2D eigenvalue weighted by Crippen LogP contribution is -2.44. The van der Waals surface area contributed by atoms with E-state index in [1.54, 1.807) is 4.90 Å². The molecule has 2 N–H and O–H groups in total. The molecule has 1 saturated heterocycles. The van der Waals surface area contributed by atoms with Crippen LogP contribution in [0.5, 0.6) is 0 Å². The van der Waals surface area contributed by atoms with Crippen LogP contribution in [0.15, 0.2) is 0 Å². The van der Waals surface area contributed by atoms with Gasteiger partial charge in [0.15, 0.2) is 0 Å². The minimum Gasteiger partial charge on any atom is -0.469 e. The number of methoxy groups -OCH3 is 1. The van der Waals surface area contributed by atoms with Gasteiger partial charge in [0.2, 0.25) is 5.91 Å². The lowest BCUT2D eigenvalue weighted by atomic mass is 9.90. The van der Waals surface area contributed by atoms with Gasteiger partial charge in [-0.1, -0.05) is 13.3 Å². The highest BCUT2D eigenvalue weighted by Crippen LogP contribution is 2.31. The molecule has 1 aliphatic heterocycles. The van der Waals surface area contributed by atoms with Crippen molar-refractivity contribution >= 4 is 11.9 Å². The van der Waals surface area contributed by atoms with Gasteiger partial charge in [0.25, 0.3) is 0 Å². The summed E-state index contributed by atoms with van der Waals surface area (Å²) in [5.74, 6) is -0.309. The predicted octanol–water partition coefficient (Wildman–Crippen LogP) is 0.525. The summed E-state index contributed by atoms with van der Waals surface area (Å²) in [6, 6.07) is -0.444. The number of amides is 1. The van der Waals surface area contributed by atoms with Crippen molar-refractivity contribution in [2.75, 3.05) is 20.2 Å². The van der Waals surface area contributed by atoms with Gasteiger partial charge >= 0.3 is 5.97 Å². The van der Waals surface area contributed by atoms with Gasteiger partial charge in [0, 0.05) is 13.1 Å².